The van der Waals surface area contributed by atoms with Crippen molar-refractivity contribution in [1.29, 1.82) is 0 Å². The van der Waals surface area contributed by atoms with Gasteiger partial charge in [0.1, 0.15) is 17.3 Å². The highest BCUT2D eigenvalue weighted by Gasteiger charge is 2.24. The first-order valence-electron chi connectivity index (χ1n) is 11.8. The third kappa shape index (κ3) is 6.49. The van der Waals surface area contributed by atoms with Crippen molar-refractivity contribution in [3.05, 3.63) is 35.0 Å². The summed E-state index contributed by atoms with van der Waals surface area (Å²) in [6, 6.07) is 5.79. The SMILES string of the molecule is CCOc1cc(OCC)cc(C(=O)NC2CCC(Nc3nc(C)c(C)c(N(C)C)n3)CC2)c1. The number of anilines is 2. The largest absolute Gasteiger partial charge is 0.494 e. The Hall–Kier alpha value is -3.03. The molecule has 8 nitrogen and oxygen atoms in total. The molecule has 33 heavy (non-hydrogen) atoms. The number of amides is 1. The first kappa shape index (κ1) is 24.6. The van der Waals surface area contributed by atoms with Gasteiger partial charge in [-0.25, -0.2) is 4.98 Å². The maximum Gasteiger partial charge on any atom is 0.251 e. The van der Waals surface area contributed by atoms with E-state index in [1.807, 2.05) is 52.8 Å². The van der Waals surface area contributed by atoms with Crippen LogP contribution in [0, 0.1) is 13.8 Å². The van der Waals surface area contributed by atoms with Crippen LogP contribution in [0.4, 0.5) is 11.8 Å². The van der Waals surface area contributed by atoms with Gasteiger partial charge in [-0.3, -0.25) is 4.79 Å². The van der Waals surface area contributed by atoms with Gasteiger partial charge in [-0.05, 0) is 65.5 Å². The molecule has 1 aliphatic rings. The molecule has 1 fully saturated rings. The second-order valence-corrected chi connectivity index (χ2v) is 8.70. The summed E-state index contributed by atoms with van der Waals surface area (Å²) in [6.45, 7) is 8.97. The van der Waals surface area contributed by atoms with Crippen LogP contribution in [0.3, 0.4) is 0 Å². The number of aromatic nitrogens is 2. The van der Waals surface area contributed by atoms with Crippen LogP contribution in [-0.2, 0) is 0 Å². The summed E-state index contributed by atoms with van der Waals surface area (Å²) in [5, 5.41) is 6.68. The summed E-state index contributed by atoms with van der Waals surface area (Å²) in [5.74, 6) is 2.80. The normalized spacial score (nSPS) is 17.9. The molecule has 1 aromatic heterocycles. The van der Waals surface area contributed by atoms with Crippen LogP contribution in [0.2, 0.25) is 0 Å². The lowest BCUT2D eigenvalue weighted by Crippen LogP contribution is -2.40. The monoisotopic (exact) mass is 455 g/mol. The number of nitrogens with one attached hydrogen (secondary N) is 2. The molecule has 0 unspecified atom stereocenters. The van der Waals surface area contributed by atoms with E-state index < -0.39 is 0 Å². The van der Waals surface area contributed by atoms with E-state index in [0.717, 1.165) is 42.8 Å². The summed E-state index contributed by atoms with van der Waals surface area (Å²) in [5.41, 5.74) is 2.64. The highest BCUT2D eigenvalue weighted by Crippen LogP contribution is 2.26. The first-order valence-corrected chi connectivity index (χ1v) is 11.8. The summed E-state index contributed by atoms with van der Waals surface area (Å²) in [6.07, 6.45) is 3.69. The van der Waals surface area contributed by atoms with Crippen LogP contribution in [0.1, 0.15) is 61.1 Å². The van der Waals surface area contributed by atoms with Crippen molar-refractivity contribution < 1.29 is 14.3 Å². The summed E-state index contributed by atoms with van der Waals surface area (Å²) < 4.78 is 11.2. The molecule has 1 aromatic carbocycles. The van der Waals surface area contributed by atoms with Crippen molar-refractivity contribution in [2.45, 2.75) is 65.5 Å². The molecule has 3 rings (SSSR count). The van der Waals surface area contributed by atoms with Crippen molar-refractivity contribution in [1.82, 2.24) is 15.3 Å². The average Bonchev–Trinajstić information content (AvgIpc) is 2.77. The minimum atomic E-state index is -0.0953. The molecular formula is C25H37N5O3. The molecular weight excluding hydrogens is 418 g/mol. The van der Waals surface area contributed by atoms with Crippen LogP contribution in [0.15, 0.2) is 18.2 Å². The summed E-state index contributed by atoms with van der Waals surface area (Å²) >= 11 is 0. The molecule has 0 spiro atoms. The Morgan fingerprint density at radius 3 is 2.09 bits per heavy atom. The first-order chi connectivity index (χ1) is 15.8. The van der Waals surface area contributed by atoms with Crippen molar-refractivity contribution >= 4 is 17.7 Å². The summed E-state index contributed by atoms with van der Waals surface area (Å²) in [4.78, 5) is 24.2. The van der Waals surface area contributed by atoms with Gasteiger partial charge in [0.25, 0.3) is 5.91 Å². The predicted octanol–water partition coefficient (Wildman–Crippen LogP) is 4.11. The number of hydrogen-bond acceptors (Lipinski definition) is 7. The van der Waals surface area contributed by atoms with Crippen molar-refractivity contribution in [2.75, 3.05) is 37.5 Å². The number of rotatable bonds is 9. The quantitative estimate of drug-likeness (QED) is 0.588. The molecule has 1 heterocycles. The van der Waals surface area contributed by atoms with Crippen LogP contribution in [-0.4, -0.2) is 55.3 Å². The second kappa shape index (κ2) is 11.2. The lowest BCUT2D eigenvalue weighted by molar-refractivity contribution is 0.0925. The third-order valence-electron chi connectivity index (χ3n) is 5.95. The minimum Gasteiger partial charge on any atom is -0.494 e. The Morgan fingerprint density at radius 1 is 0.970 bits per heavy atom. The Bertz CT molecular complexity index is 931. The molecule has 2 aromatic rings. The van der Waals surface area contributed by atoms with Gasteiger partial charge in [0.15, 0.2) is 0 Å². The molecule has 0 radical (unpaired) electrons. The number of carbonyl (C=O) groups is 1. The van der Waals surface area contributed by atoms with Gasteiger partial charge in [-0.1, -0.05) is 0 Å². The van der Waals surface area contributed by atoms with Gasteiger partial charge < -0.3 is 25.0 Å². The zero-order valence-corrected chi connectivity index (χ0v) is 20.7. The standard InChI is InChI=1S/C25H37N5O3/c1-7-32-21-13-18(14-22(15-21)33-8-2)24(31)27-19-9-11-20(12-10-19)28-25-26-17(4)16(3)23(29-25)30(5)6/h13-15,19-20H,7-12H2,1-6H3,(H,27,31)(H,26,28,29). The Balaban J connectivity index is 1.58. The molecule has 1 amide bonds. The fraction of sp³-hybridized carbons (Fsp3) is 0.560. The van der Waals surface area contributed by atoms with E-state index in [0.29, 0.717) is 42.3 Å². The molecule has 0 bridgehead atoms. The van der Waals surface area contributed by atoms with E-state index in [-0.39, 0.29) is 11.9 Å². The lowest BCUT2D eigenvalue weighted by Gasteiger charge is -2.30. The van der Waals surface area contributed by atoms with Crippen LogP contribution < -0.4 is 25.0 Å². The minimum absolute atomic E-state index is 0.0953. The fourth-order valence-corrected chi connectivity index (χ4v) is 4.15. The zero-order valence-electron chi connectivity index (χ0n) is 20.7. The van der Waals surface area contributed by atoms with Gasteiger partial charge in [0.2, 0.25) is 5.95 Å². The second-order valence-electron chi connectivity index (χ2n) is 8.70. The van der Waals surface area contributed by atoms with Crippen molar-refractivity contribution in [2.24, 2.45) is 0 Å². The van der Waals surface area contributed by atoms with E-state index >= 15 is 0 Å². The Labute approximate surface area is 197 Å². The van der Waals surface area contributed by atoms with Gasteiger partial charge in [0.05, 0.1) is 13.2 Å². The van der Waals surface area contributed by atoms with E-state index in [1.54, 1.807) is 12.1 Å². The number of aryl methyl sites for hydroxylation is 1. The Morgan fingerprint density at radius 2 is 1.55 bits per heavy atom. The van der Waals surface area contributed by atoms with Gasteiger partial charge >= 0.3 is 0 Å². The number of carbonyl (C=O) groups excluding carboxylic acids is 1. The zero-order chi connectivity index (χ0) is 24.0. The molecule has 180 valence electrons. The highest BCUT2D eigenvalue weighted by molar-refractivity contribution is 5.95. The predicted molar refractivity (Wildman–Crippen MR) is 132 cm³/mol. The Kier molecular flexibility index (Phi) is 8.36. The number of nitrogens with zero attached hydrogens (tertiary/aromatic N) is 3. The van der Waals surface area contributed by atoms with Crippen molar-refractivity contribution in [3.63, 3.8) is 0 Å². The van der Waals surface area contributed by atoms with E-state index in [4.69, 9.17) is 14.5 Å². The average molecular weight is 456 g/mol. The smallest absolute Gasteiger partial charge is 0.251 e. The van der Waals surface area contributed by atoms with Gasteiger partial charge in [-0.15, -0.1) is 0 Å². The van der Waals surface area contributed by atoms with Crippen LogP contribution in [0.5, 0.6) is 11.5 Å². The maximum atomic E-state index is 12.9. The van der Waals surface area contributed by atoms with Crippen LogP contribution >= 0.6 is 0 Å². The molecule has 0 saturated heterocycles. The fourth-order valence-electron chi connectivity index (χ4n) is 4.15. The maximum absolute atomic E-state index is 12.9. The van der Waals surface area contributed by atoms with E-state index in [2.05, 4.69) is 15.6 Å². The molecule has 0 aliphatic heterocycles. The topological polar surface area (TPSA) is 88.6 Å². The van der Waals surface area contributed by atoms with Gasteiger partial charge in [-0.2, -0.15) is 4.98 Å². The number of benzene rings is 1. The number of hydrogen-bond donors (Lipinski definition) is 2. The molecule has 8 heteroatoms. The molecule has 0 atom stereocenters. The molecule has 1 aliphatic carbocycles. The third-order valence-corrected chi connectivity index (χ3v) is 5.95. The lowest BCUT2D eigenvalue weighted by atomic mass is 9.91. The summed E-state index contributed by atoms with van der Waals surface area (Å²) in [7, 11) is 3.99. The van der Waals surface area contributed by atoms with E-state index in [1.165, 1.54) is 0 Å². The number of ether oxygens (including phenoxy) is 2. The van der Waals surface area contributed by atoms with Gasteiger partial charge in [0, 0.05) is 49.1 Å². The molecule has 1 saturated carbocycles. The van der Waals surface area contributed by atoms with Crippen LogP contribution in [0.25, 0.3) is 0 Å². The van der Waals surface area contributed by atoms with Crippen molar-refractivity contribution in [3.8, 4) is 11.5 Å². The van der Waals surface area contributed by atoms with E-state index in [9.17, 15) is 4.79 Å². The highest BCUT2D eigenvalue weighted by atomic mass is 16.5. The molecule has 2 N–H and O–H groups in total.